The van der Waals surface area contributed by atoms with Crippen LogP contribution in [0.25, 0.3) is 0 Å². The number of thioether (sulfide) groups is 1. The maximum atomic E-state index is 12.2. The lowest BCUT2D eigenvalue weighted by Gasteiger charge is -2.20. The minimum absolute atomic E-state index is 0.113. The van der Waals surface area contributed by atoms with E-state index in [2.05, 4.69) is 0 Å². The van der Waals surface area contributed by atoms with E-state index in [0.29, 0.717) is 5.88 Å². The molecule has 0 atom stereocenters. The number of hydrogen-bond donors (Lipinski definition) is 0. The summed E-state index contributed by atoms with van der Waals surface area (Å²) < 4.78 is 0. The molecule has 0 aromatic heterocycles. The van der Waals surface area contributed by atoms with Crippen molar-refractivity contribution < 1.29 is 4.79 Å². The maximum absolute atomic E-state index is 12.2. The van der Waals surface area contributed by atoms with E-state index in [-0.39, 0.29) is 5.78 Å². The highest BCUT2D eigenvalue weighted by atomic mass is 35.5. The van der Waals surface area contributed by atoms with Gasteiger partial charge in [-0.15, -0.1) is 23.4 Å². The smallest absolute Gasteiger partial charge is 0.170 e. The molecule has 0 fully saturated rings. The summed E-state index contributed by atoms with van der Waals surface area (Å²) in [6.07, 6.45) is 1.97. The standard InChI is InChI=1S/C12H15ClOS/c1-12(2,8-13)11(14)9-6-4-5-7-10(9)15-3/h4-7H,8H2,1-3H3. The maximum Gasteiger partial charge on any atom is 0.170 e. The van der Waals surface area contributed by atoms with Crippen LogP contribution >= 0.6 is 23.4 Å². The summed E-state index contributed by atoms with van der Waals surface area (Å²) in [6, 6.07) is 7.65. The van der Waals surface area contributed by atoms with Gasteiger partial charge in [-0.1, -0.05) is 32.0 Å². The summed E-state index contributed by atoms with van der Waals surface area (Å²) in [5.74, 6) is 0.455. The van der Waals surface area contributed by atoms with E-state index in [1.54, 1.807) is 11.8 Å². The second kappa shape index (κ2) is 5.04. The SMILES string of the molecule is CSc1ccccc1C(=O)C(C)(C)CCl. The first-order chi connectivity index (χ1) is 7.03. The number of hydrogen-bond acceptors (Lipinski definition) is 2. The molecule has 1 rings (SSSR count). The highest BCUT2D eigenvalue weighted by Gasteiger charge is 2.28. The molecule has 0 saturated carbocycles. The lowest BCUT2D eigenvalue weighted by Crippen LogP contribution is -2.26. The van der Waals surface area contributed by atoms with Crippen molar-refractivity contribution in [2.45, 2.75) is 18.7 Å². The van der Waals surface area contributed by atoms with Gasteiger partial charge in [0.05, 0.1) is 0 Å². The number of carbonyl (C=O) groups is 1. The second-order valence-electron chi connectivity index (χ2n) is 4.05. The normalized spacial score (nSPS) is 11.5. The van der Waals surface area contributed by atoms with Gasteiger partial charge >= 0.3 is 0 Å². The van der Waals surface area contributed by atoms with E-state index >= 15 is 0 Å². The third-order valence-electron chi connectivity index (χ3n) is 2.30. The van der Waals surface area contributed by atoms with Crippen LogP contribution in [0.4, 0.5) is 0 Å². The molecule has 0 aliphatic rings. The van der Waals surface area contributed by atoms with E-state index < -0.39 is 5.41 Å². The van der Waals surface area contributed by atoms with E-state index in [1.165, 1.54) is 0 Å². The Balaban J connectivity index is 3.11. The highest BCUT2D eigenvalue weighted by molar-refractivity contribution is 7.98. The number of alkyl halides is 1. The zero-order chi connectivity index (χ0) is 11.5. The fraction of sp³-hybridized carbons (Fsp3) is 0.417. The molecule has 0 aliphatic heterocycles. The molecule has 0 saturated heterocycles. The van der Waals surface area contributed by atoms with Crippen LogP contribution in [0.5, 0.6) is 0 Å². The summed E-state index contributed by atoms with van der Waals surface area (Å²) in [6.45, 7) is 3.75. The third-order valence-corrected chi connectivity index (χ3v) is 3.76. The minimum Gasteiger partial charge on any atom is -0.293 e. The summed E-state index contributed by atoms with van der Waals surface area (Å²) in [5, 5.41) is 0. The van der Waals surface area contributed by atoms with Gasteiger partial charge in [-0.05, 0) is 12.3 Å². The van der Waals surface area contributed by atoms with Crippen molar-refractivity contribution in [1.29, 1.82) is 0 Å². The number of benzene rings is 1. The first kappa shape index (κ1) is 12.6. The first-order valence-electron chi connectivity index (χ1n) is 4.76. The Morgan fingerprint density at radius 1 is 1.40 bits per heavy atom. The molecule has 0 spiro atoms. The van der Waals surface area contributed by atoms with Gasteiger partial charge in [0.25, 0.3) is 0 Å². The molecule has 0 aliphatic carbocycles. The van der Waals surface area contributed by atoms with Crippen molar-refractivity contribution in [1.82, 2.24) is 0 Å². The number of ketones is 1. The van der Waals surface area contributed by atoms with Gasteiger partial charge in [0.15, 0.2) is 5.78 Å². The van der Waals surface area contributed by atoms with Crippen LogP contribution in [0, 0.1) is 5.41 Å². The average Bonchev–Trinajstić information content (AvgIpc) is 2.28. The summed E-state index contributed by atoms with van der Waals surface area (Å²) in [7, 11) is 0. The van der Waals surface area contributed by atoms with Crippen LogP contribution in [-0.2, 0) is 0 Å². The Hall–Kier alpha value is -0.470. The van der Waals surface area contributed by atoms with Gasteiger partial charge < -0.3 is 0 Å². The van der Waals surface area contributed by atoms with Crippen molar-refractivity contribution in [3.63, 3.8) is 0 Å². The third kappa shape index (κ3) is 2.76. The van der Waals surface area contributed by atoms with Crippen LogP contribution in [-0.4, -0.2) is 17.9 Å². The Bertz CT molecular complexity index is 360. The van der Waals surface area contributed by atoms with Crippen LogP contribution in [0.2, 0.25) is 0 Å². The van der Waals surface area contributed by atoms with Crippen LogP contribution in [0.1, 0.15) is 24.2 Å². The second-order valence-corrected chi connectivity index (χ2v) is 5.16. The largest absolute Gasteiger partial charge is 0.293 e. The highest BCUT2D eigenvalue weighted by Crippen LogP contribution is 2.28. The molecule has 15 heavy (non-hydrogen) atoms. The van der Waals surface area contributed by atoms with Crippen molar-refractivity contribution in [3.8, 4) is 0 Å². The number of halogens is 1. The number of Topliss-reactive ketones (excluding diaryl/α,β-unsaturated/α-hetero) is 1. The van der Waals surface area contributed by atoms with E-state index in [1.807, 2.05) is 44.4 Å². The average molecular weight is 243 g/mol. The summed E-state index contributed by atoms with van der Waals surface area (Å²) in [4.78, 5) is 13.2. The Kier molecular flexibility index (Phi) is 4.23. The van der Waals surface area contributed by atoms with Crippen molar-refractivity contribution in [3.05, 3.63) is 29.8 Å². The topological polar surface area (TPSA) is 17.1 Å². The number of rotatable bonds is 4. The fourth-order valence-electron chi connectivity index (χ4n) is 1.26. The van der Waals surface area contributed by atoms with Crippen molar-refractivity contribution in [2.24, 2.45) is 5.41 Å². The molecule has 1 aromatic rings. The van der Waals surface area contributed by atoms with Crippen molar-refractivity contribution >= 4 is 29.1 Å². The van der Waals surface area contributed by atoms with Gasteiger partial charge in [-0.3, -0.25) is 4.79 Å². The molecule has 0 unspecified atom stereocenters. The molecule has 0 radical (unpaired) electrons. The molecular weight excluding hydrogens is 228 g/mol. The zero-order valence-corrected chi connectivity index (χ0v) is 10.8. The van der Waals surface area contributed by atoms with E-state index in [0.717, 1.165) is 10.5 Å². The fourth-order valence-corrected chi connectivity index (χ4v) is 1.97. The Morgan fingerprint density at radius 2 is 2.00 bits per heavy atom. The summed E-state index contributed by atoms with van der Waals surface area (Å²) >= 11 is 7.39. The molecule has 0 heterocycles. The van der Waals surface area contributed by atoms with Crippen molar-refractivity contribution in [2.75, 3.05) is 12.1 Å². The van der Waals surface area contributed by atoms with Gasteiger partial charge in [-0.2, -0.15) is 0 Å². The monoisotopic (exact) mass is 242 g/mol. The molecule has 0 amide bonds. The van der Waals surface area contributed by atoms with E-state index in [4.69, 9.17) is 11.6 Å². The molecule has 0 N–H and O–H groups in total. The minimum atomic E-state index is -0.493. The zero-order valence-electron chi connectivity index (χ0n) is 9.21. The first-order valence-corrected chi connectivity index (χ1v) is 6.52. The lowest BCUT2D eigenvalue weighted by atomic mass is 9.86. The summed E-state index contributed by atoms with van der Waals surface area (Å²) in [5.41, 5.74) is 0.281. The molecular formula is C12H15ClOS. The number of carbonyl (C=O) groups excluding carboxylic acids is 1. The Labute approximate surface area is 100 Å². The molecule has 82 valence electrons. The quantitative estimate of drug-likeness (QED) is 0.453. The van der Waals surface area contributed by atoms with Crippen LogP contribution < -0.4 is 0 Å². The van der Waals surface area contributed by atoms with Crippen LogP contribution in [0.15, 0.2) is 29.2 Å². The molecule has 1 aromatic carbocycles. The molecule has 0 bridgehead atoms. The predicted molar refractivity (Wildman–Crippen MR) is 67.1 cm³/mol. The predicted octanol–water partition coefficient (Wildman–Crippen LogP) is 3.86. The van der Waals surface area contributed by atoms with Gasteiger partial charge in [0.2, 0.25) is 0 Å². The van der Waals surface area contributed by atoms with Gasteiger partial charge in [0, 0.05) is 21.8 Å². The lowest BCUT2D eigenvalue weighted by molar-refractivity contribution is 0.0859. The molecule has 3 heteroatoms. The Morgan fingerprint density at radius 3 is 2.53 bits per heavy atom. The van der Waals surface area contributed by atoms with Crippen LogP contribution in [0.3, 0.4) is 0 Å². The van der Waals surface area contributed by atoms with E-state index in [9.17, 15) is 4.79 Å². The van der Waals surface area contributed by atoms with Gasteiger partial charge in [0.1, 0.15) is 0 Å². The molecule has 1 nitrogen and oxygen atoms in total. The van der Waals surface area contributed by atoms with Gasteiger partial charge in [-0.25, -0.2) is 0 Å².